The van der Waals surface area contributed by atoms with Crippen molar-refractivity contribution in [1.29, 1.82) is 0 Å². The second-order valence-corrected chi connectivity index (χ2v) is 5.32. The molecule has 1 atom stereocenters. The molecule has 1 heterocycles. The van der Waals surface area contributed by atoms with E-state index >= 15 is 0 Å². The summed E-state index contributed by atoms with van der Waals surface area (Å²) in [7, 11) is 0. The standard InChI is InChI=1S/C15H17N/c1-10-14-12-7-5-4-6-11(12)8-9-13(14)16-15(10,2)3/h4-10,16H,1-3H3. The van der Waals surface area contributed by atoms with E-state index in [0.717, 1.165) is 0 Å². The van der Waals surface area contributed by atoms with Crippen LogP contribution in [-0.2, 0) is 0 Å². The average molecular weight is 211 g/mol. The number of hydrogen-bond donors (Lipinski definition) is 1. The van der Waals surface area contributed by atoms with E-state index in [2.05, 4.69) is 62.5 Å². The fourth-order valence-corrected chi connectivity index (χ4v) is 2.69. The Bertz CT molecular complexity index is 554. The number of hydrogen-bond acceptors (Lipinski definition) is 1. The summed E-state index contributed by atoms with van der Waals surface area (Å²) in [6.45, 7) is 6.85. The maximum atomic E-state index is 3.62. The Kier molecular flexibility index (Phi) is 1.82. The Balaban J connectivity index is 2.34. The van der Waals surface area contributed by atoms with Crippen LogP contribution in [0, 0.1) is 0 Å². The van der Waals surface area contributed by atoms with Gasteiger partial charge in [0.2, 0.25) is 0 Å². The van der Waals surface area contributed by atoms with Gasteiger partial charge in [0, 0.05) is 17.1 Å². The van der Waals surface area contributed by atoms with Crippen LogP contribution in [0.1, 0.15) is 32.3 Å². The molecule has 2 aromatic carbocycles. The van der Waals surface area contributed by atoms with Crippen LogP contribution in [-0.4, -0.2) is 5.54 Å². The van der Waals surface area contributed by atoms with E-state index in [4.69, 9.17) is 0 Å². The van der Waals surface area contributed by atoms with Gasteiger partial charge >= 0.3 is 0 Å². The first-order valence-electron chi connectivity index (χ1n) is 5.89. The zero-order valence-corrected chi connectivity index (χ0v) is 10.0. The molecule has 2 aromatic rings. The van der Waals surface area contributed by atoms with Gasteiger partial charge in [-0.25, -0.2) is 0 Å². The van der Waals surface area contributed by atoms with Gasteiger partial charge in [0.25, 0.3) is 0 Å². The van der Waals surface area contributed by atoms with Crippen LogP contribution in [0.15, 0.2) is 36.4 Å². The fourth-order valence-electron chi connectivity index (χ4n) is 2.69. The lowest BCUT2D eigenvalue weighted by Crippen LogP contribution is -2.30. The molecule has 0 saturated carbocycles. The van der Waals surface area contributed by atoms with E-state index in [1.165, 1.54) is 22.0 Å². The summed E-state index contributed by atoms with van der Waals surface area (Å²) in [6.07, 6.45) is 0. The number of fused-ring (bicyclic) bond motifs is 3. The Morgan fingerprint density at radius 3 is 2.62 bits per heavy atom. The molecule has 16 heavy (non-hydrogen) atoms. The van der Waals surface area contributed by atoms with Gasteiger partial charge in [0.05, 0.1) is 0 Å². The maximum absolute atomic E-state index is 3.62. The molecule has 1 heteroatoms. The predicted molar refractivity (Wildman–Crippen MR) is 70.1 cm³/mol. The molecular weight excluding hydrogens is 194 g/mol. The van der Waals surface area contributed by atoms with Crippen molar-refractivity contribution in [2.24, 2.45) is 0 Å². The number of anilines is 1. The minimum absolute atomic E-state index is 0.159. The Morgan fingerprint density at radius 1 is 1.06 bits per heavy atom. The van der Waals surface area contributed by atoms with Crippen LogP contribution < -0.4 is 5.32 Å². The zero-order chi connectivity index (χ0) is 11.3. The van der Waals surface area contributed by atoms with E-state index in [1.54, 1.807) is 0 Å². The summed E-state index contributed by atoms with van der Waals surface area (Å²) < 4.78 is 0. The van der Waals surface area contributed by atoms with Gasteiger partial charge in [0.15, 0.2) is 0 Å². The predicted octanol–water partition coefficient (Wildman–Crippen LogP) is 4.15. The van der Waals surface area contributed by atoms with E-state index in [9.17, 15) is 0 Å². The van der Waals surface area contributed by atoms with Crippen molar-refractivity contribution in [2.75, 3.05) is 5.32 Å². The highest BCUT2D eigenvalue weighted by atomic mass is 15.0. The number of benzene rings is 2. The SMILES string of the molecule is CC1c2c(ccc3ccccc23)NC1(C)C. The van der Waals surface area contributed by atoms with Crippen molar-refractivity contribution in [2.45, 2.75) is 32.2 Å². The molecule has 1 unspecified atom stereocenters. The minimum atomic E-state index is 0.159. The molecule has 0 aliphatic carbocycles. The first-order valence-corrected chi connectivity index (χ1v) is 5.89. The first kappa shape index (κ1) is 9.71. The van der Waals surface area contributed by atoms with Gasteiger partial charge in [-0.3, -0.25) is 0 Å². The molecule has 0 spiro atoms. The molecule has 0 amide bonds. The van der Waals surface area contributed by atoms with Gasteiger partial charge in [0.1, 0.15) is 0 Å². The van der Waals surface area contributed by atoms with Crippen LogP contribution in [0.3, 0.4) is 0 Å². The largest absolute Gasteiger partial charge is 0.379 e. The number of nitrogens with one attached hydrogen (secondary N) is 1. The van der Waals surface area contributed by atoms with Gasteiger partial charge in [-0.2, -0.15) is 0 Å². The molecule has 0 fully saturated rings. The third-order valence-electron chi connectivity index (χ3n) is 3.94. The first-order chi connectivity index (χ1) is 7.59. The van der Waals surface area contributed by atoms with Crippen molar-refractivity contribution >= 4 is 16.5 Å². The third-order valence-corrected chi connectivity index (χ3v) is 3.94. The van der Waals surface area contributed by atoms with Crippen LogP contribution in [0.5, 0.6) is 0 Å². The van der Waals surface area contributed by atoms with Gasteiger partial charge in [-0.05, 0) is 36.2 Å². The topological polar surface area (TPSA) is 12.0 Å². The van der Waals surface area contributed by atoms with Crippen LogP contribution in [0.25, 0.3) is 10.8 Å². The number of rotatable bonds is 0. The lowest BCUT2D eigenvalue weighted by atomic mass is 9.85. The van der Waals surface area contributed by atoms with Gasteiger partial charge in [-0.1, -0.05) is 37.3 Å². The normalized spacial score (nSPS) is 21.8. The summed E-state index contributed by atoms with van der Waals surface area (Å²) in [5.41, 5.74) is 2.94. The van der Waals surface area contributed by atoms with Crippen LogP contribution in [0.4, 0.5) is 5.69 Å². The van der Waals surface area contributed by atoms with E-state index < -0.39 is 0 Å². The molecule has 0 aromatic heterocycles. The molecule has 0 bridgehead atoms. The van der Waals surface area contributed by atoms with E-state index in [-0.39, 0.29) is 5.54 Å². The molecule has 1 aliphatic heterocycles. The second-order valence-electron chi connectivity index (χ2n) is 5.32. The molecule has 0 radical (unpaired) electrons. The summed E-state index contributed by atoms with van der Waals surface area (Å²) in [5, 5.41) is 6.35. The van der Waals surface area contributed by atoms with Crippen LogP contribution >= 0.6 is 0 Å². The highest BCUT2D eigenvalue weighted by Crippen LogP contribution is 2.45. The van der Waals surface area contributed by atoms with Crippen molar-refractivity contribution < 1.29 is 0 Å². The Labute approximate surface area is 96.5 Å². The summed E-state index contributed by atoms with van der Waals surface area (Å²) in [6, 6.07) is 13.1. The Hall–Kier alpha value is -1.50. The molecule has 0 saturated heterocycles. The molecule has 1 nitrogen and oxygen atoms in total. The fraction of sp³-hybridized carbons (Fsp3) is 0.333. The van der Waals surface area contributed by atoms with Crippen molar-refractivity contribution in [3.63, 3.8) is 0 Å². The highest BCUT2D eigenvalue weighted by Gasteiger charge is 2.36. The summed E-state index contributed by atoms with van der Waals surface area (Å²) in [4.78, 5) is 0. The van der Waals surface area contributed by atoms with Crippen molar-refractivity contribution in [3.8, 4) is 0 Å². The summed E-state index contributed by atoms with van der Waals surface area (Å²) >= 11 is 0. The van der Waals surface area contributed by atoms with E-state index in [0.29, 0.717) is 5.92 Å². The maximum Gasteiger partial charge on any atom is 0.0387 e. The van der Waals surface area contributed by atoms with Gasteiger partial charge in [-0.15, -0.1) is 0 Å². The van der Waals surface area contributed by atoms with Crippen molar-refractivity contribution in [1.82, 2.24) is 0 Å². The third kappa shape index (κ3) is 1.18. The molecule has 82 valence electrons. The lowest BCUT2D eigenvalue weighted by Gasteiger charge is -2.24. The zero-order valence-electron chi connectivity index (χ0n) is 10.0. The van der Waals surface area contributed by atoms with E-state index in [1.807, 2.05) is 0 Å². The van der Waals surface area contributed by atoms with Crippen LogP contribution in [0.2, 0.25) is 0 Å². The van der Waals surface area contributed by atoms with Gasteiger partial charge < -0.3 is 5.32 Å². The molecule has 1 N–H and O–H groups in total. The van der Waals surface area contributed by atoms with Crippen molar-refractivity contribution in [3.05, 3.63) is 42.0 Å². The molecule has 3 rings (SSSR count). The Morgan fingerprint density at radius 2 is 1.81 bits per heavy atom. The smallest absolute Gasteiger partial charge is 0.0387 e. The lowest BCUT2D eigenvalue weighted by molar-refractivity contribution is 0.504. The molecule has 1 aliphatic rings. The highest BCUT2D eigenvalue weighted by molar-refractivity contribution is 5.92. The monoisotopic (exact) mass is 211 g/mol. The quantitative estimate of drug-likeness (QED) is 0.690. The molecular formula is C15H17N. The second kappa shape index (κ2) is 3.00. The average Bonchev–Trinajstić information content (AvgIpc) is 2.50. The summed E-state index contributed by atoms with van der Waals surface area (Å²) in [5.74, 6) is 0.550. The minimum Gasteiger partial charge on any atom is -0.379 e.